The molecule has 1 aromatic carbocycles. The first-order valence-electron chi connectivity index (χ1n) is 7.38. The van der Waals surface area contributed by atoms with Crippen LogP contribution in [0.2, 0.25) is 0 Å². The van der Waals surface area contributed by atoms with Crippen LogP contribution >= 0.6 is 11.6 Å². The molecule has 1 aliphatic rings. The van der Waals surface area contributed by atoms with Crippen LogP contribution in [0.5, 0.6) is 5.75 Å². The lowest BCUT2D eigenvalue weighted by Crippen LogP contribution is -2.08. The molecule has 1 aromatic rings. The van der Waals surface area contributed by atoms with Gasteiger partial charge in [0.25, 0.3) is 0 Å². The Hall–Kier alpha value is -1.24. The summed E-state index contributed by atoms with van der Waals surface area (Å²) >= 11 is 5.57. The molecule has 0 aromatic heterocycles. The molecule has 0 aliphatic carbocycles. The summed E-state index contributed by atoms with van der Waals surface area (Å²) in [4.78, 5) is 0. The molecular weight excluding hydrogens is 291 g/mol. The van der Waals surface area contributed by atoms with Crippen molar-refractivity contribution in [2.24, 2.45) is 0 Å². The molecule has 114 valence electrons. The quantitative estimate of drug-likeness (QED) is 0.446. The Bertz CT molecular complexity index is 501. The van der Waals surface area contributed by atoms with Crippen LogP contribution in [-0.2, 0) is 4.74 Å². The Morgan fingerprint density at radius 2 is 2.33 bits per heavy atom. The molecule has 1 unspecified atom stereocenters. The number of alkyl halides is 1. The average molecular weight is 311 g/mol. The van der Waals surface area contributed by atoms with Gasteiger partial charge in [-0.05, 0) is 43.9 Å². The van der Waals surface area contributed by atoms with E-state index in [9.17, 15) is 4.39 Å². The van der Waals surface area contributed by atoms with Gasteiger partial charge in [-0.25, -0.2) is 4.39 Å². The lowest BCUT2D eigenvalue weighted by molar-refractivity contribution is 0.0979. The van der Waals surface area contributed by atoms with Crippen LogP contribution in [-0.4, -0.2) is 25.2 Å². The van der Waals surface area contributed by atoms with Crippen LogP contribution in [0.3, 0.4) is 0 Å². The molecule has 0 amide bonds. The highest BCUT2D eigenvalue weighted by Gasteiger charge is 2.14. The predicted octanol–water partition coefficient (Wildman–Crippen LogP) is 4.14. The number of benzene rings is 1. The third-order valence-electron chi connectivity index (χ3n) is 3.34. The van der Waals surface area contributed by atoms with Gasteiger partial charge in [0.2, 0.25) is 0 Å². The molecule has 0 N–H and O–H groups in total. The van der Waals surface area contributed by atoms with Gasteiger partial charge >= 0.3 is 0 Å². The number of halogens is 2. The fraction of sp³-hybridized carbons (Fsp3) is 0.529. The molecule has 2 rings (SSSR count). The molecule has 1 heterocycles. The normalized spacial score (nSPS) is 17.3. The van der Waals surface area contributed by atoms with Gasteiger partial charge in [0, 0.05) is 24.5 Å². The molecule has 0 saturated carbocycles. The fourth-order valence-corrected chi connectivity index (χ4v) is 2.36. The monoisotopic (exact) mass is 310 g/mol. The van der Waals surface area contributed by atoms with Crippen LogP contribution in [0.15, 0.2) is 18.2 Å². The Balaban J connectivity index is 1.81. The van der Waals surface area contributed by atoms with E-state index in [4.69, 9.17) is 21.1 Å². The van der Waals surface area contributed by atoms with Crippen molar-refractivity contribution in [3.05, 3.63) is 29.6 Å². The van der Waals surface area contributed by atoms with E-state index >= 15 is 0 Å². The third-order valence-corrected chi connectivity index (χ3v) is 3.52. The van der Waals surface area contributed by atoms with Gasteiger partial charge in [0.15, 0.2) is 11.6 Å². The van der Waals surface area contributed by atoms with E-state index < -0.39 is 0 Å². The van der Waals surface area contributed by atoms with E-state index in [2.05, 4.69) is 11.8 Å². The van der Waals surface area contributed by atoms with Gasteiger partial charge in [-0.3, -0.25) is 0 Å². The predicted molar refractivity (Wildman–Crippen MR) is 82.3 cm³/mol. The van der Waals surface area contributed by atoms with E-state index in [0.717, 1.165) is 37.9 Å². The maximum atomic E-state index is 13.7. The number of ether oxygens (including phenoxy) is 2. The van der Waals surface area contributed by atoms with E-state index in [-0.39, 0.29) is 11.6 Å². The van der Waals surface area contributed by atoms with Crippen LogP contribution in [0.25, 0.3) is 0 Å². The van der Waals surface area contributed by atoms with E-state index in [1.165, 1.54) is 6.07 Å². The second-order valence-corrected chi connectivity index (χ2v) is 5.39. The van der Waals surface area contributed by atoms with Crippen LogP contribution < -0.4 is 4.74 Å². The first kappa shape index (κ1) is 16.1. The molecule has 0 spiro atoms. The summed E-state index contributed by atoms with van der Waals surface area (Å²) in [6.45, 7) is 1.36. The zero-order valence-corrected chi connectivity index (χ0v) is 12.8. The summed E-state index contributed by atoms with van der Waals surface area (Å²) in [6.07, 6.45) is 5.08. The first-order chi connectivity index (χ1) is 10.3. The number of hydrogen-bond acceptors (Lipinski definition) is 2. The molecule has 4 heteroatoms. The highest BCUT2D eigenvalue weighted by molar-refractivity contribution is 6.18. The lowest BCUT2D eigenvalue weighted by Gasteiger charge is -2.10. The molecule has 0 bridgehead atoms. The van der Waals surface area contributed by atoms with E-state index in [1.54, 1.807) is 12.1 Å². The Labute approximate surface area is 130 Å². The molecular formula is C17H20ClFO2. The van der Waals surface area contributed by atoms with Crippen LogP contribution in [0.4, 0.5) is 4.39 Å². The van der Waals surface area contributed by atoms with Gasteiger partial charge in [-0.2, -0.15) is 0 Å². The summed E-state index contributed by atoms with van der Waals surface area (Å²) in [6, 6.07) is 4.68. The van der Waals surface area contributed by atoms with Gasteiger partial charge in [-0.15, -0.1) is 11.6 Å². The van der Waals surface area contributed by atoms with Crippen molar-refractivity contribution in [1.82, 2.24) is 0 Å². The van der Waals surface area contributed by atoms with Crippen molar-refractivity contribution in [2.45, 2.75) is 38.2 Å². The van der Waals surface area contributed by atoms with Gasteiger partial charge < -0.3 is 9.47 Å². The van der Waals surface area contributed by atoms with Gasteiger partial charge in [0.1, 0.15) is 0 Å². The van der Waals surface area contributed by atoms with Crippen molar-refractivity contribution in [2.75, 3.05) is 19.1 Å². The summed E-state index contributed by atoms with van der Waals surface area (Å²) in [7, 11) is 0. The maximum Gasteiger partial charge on any atom is 0.165 e. The topological polar surface area (TPSA) is 18.5 Å². The van der Waals surface area contributed by atoms with Crippen LogP contribution in [0, 0.1) is 17.7 Å². The second kappa shape index (κ2) is 8.92. The van der Waals surface area contributed by atoms with Crippen LogP contribution in [0.1, 0.15) is 37.7 Å². The average Bonchev–Trinajstić information content (AvgIpc) is 3.00. The SMILES string of the molecule is Fc1ccc(C#CCCCl)cc1OCCCC1CCCO1. The maximum absolute atomic E-state index is 13.7. The largest absolute Gasteiger partial charge is 0.490 e. The minimum atomic E-state index is -0.352. The zero-order valence-electron chi connectivity index (χ0n) is 12.0. The molecule has 21 heavy (non-hydrogen) atoms. The van der Waals surface area contributed by atoms with Crippen molar-refractivity contribution < 1.29 is 13.9 Å². The smallest absolute Gasteiger partial charge is 0.165 e. The molecule has 2 nitrogen and oxygen atoms in total. The molecule has 1 saturated heterocycles. The second-order valence-electron chi connectivity index (χ2n) is 5.01. The fourth-order valence-electron chi connectivity index (χ4n) is 2.27. The van der Waals surface area contributed by atoms with Crippen molar-refractivity contribution in [1.29, 1.82) is 0 Å². The van der Waals surface area contributed by atoms with Crippen molar-refractivity contribution >= 4 is 11.6 Å². The summed E-state index contributed by atoms with van der Waals surface area (Å²) in [5, 5.41) is 0. The van der Waals surface area contributed by atoms with E-state index in [1.807, 2.05) is 0 Å². The number of rotatable bonds is 6. The van der Waals surface area contributed by atoms with Gasteiger partial charge in [-0.1, -0.05) is 11.8 Å². The highest BCUT2D eigenvalue weighted by Crippen LogP contribution is 2.20. The van der Waals surface area contributed by atoms with Crippen molar-refractivity contribution in [3.8, 4) is 17.6 Å². The Kier molecular flexibility index (Phi) is 6.85. The van der Waals surface area contributed by atoms with E-state index in [0.29, 0.717) is 25.0 Å². The Morgan fingerprint density at radius 3 is 3.10 bits per heavy atom. The van der Waals surface area contributed by atoms with Crippen molar-refractivity contribution in [3.63, 3.8) is 0 Å². The molecule has 0 radical (unpaired) electrons. The zero-order chi connectivity index (χ0) is 14.9. The first-order valence-corrected chi connectivity index (χ1v) is 7.92. The summed E-state index contributed by atoms with van der Waals surface area (Å²) < 4.78 is 24.7. The summed E-state index contributed by atoms with van der Waals surface area (Å²) in [5.41, 5.74) is 0.746. The standard InChI is InChI=1S/C17H20ClFO2/c18-10-2-1-5-14-8-9-16(19)17(13-14)21-12-4-7-15-6-3-11-20-15/h8-9,13,15H,2-4,6-7,10-12H2. The third kappa shape index (κ3) is 5.57. The van der Waals surface area contributed by atoms with Gasteiger partial charge in [0.05, 0.1) is 12.7 Å². The molecule has 1 aliphatic heterocycles. The molecule has 1 atom stereocenters. The lowest BCUT2D eigenvalue weighted by atomic mass is 10.1. The number of hydrogen-bond donors (Lipinski definition) is 0. The summed E-state index contributed by atoms with van der Waals surface area (Å²) in [5.74, 6) is 6.29. The minimum absolute atomic E-state index is 0.264. The molecule has 1 fully saturated rings. The minimum Gasteiger partial charge on any atom is -0.490 e. The Morgan fingerprint density at radius 1 is 1.43 bits per heavy atom. The highest BCUT2D eigenvalue weighted by atomic mass is 35.5.